The number of esters is 1. The minimum Gasteiger partial charge on any atom is -0.462 e. The van der Waals surface area contributed by atoms with Gasteiger partial charge in [0.2, 0.25) is 0 Å². The van der Waals surface area contributed by atoms with Crippen LogP contribution in [-0.4, -0.2) is 45.5 Å². The molecule has 0 aliphatic heterocycles. The van der Waals surface area contributed by atoms with Crippen molar-refractivity contribution in [2.45, 2.75) is 13.0 Å². The molecular formula is C8H17NO4. The minimum atomic E-state index is -0.570. The summed E-state index contributed by atoms with van der Waals surface area (Å²) in [6, 6.07) is -0.570. The lowest BCUT2D eigenvalue weighted by Gasteiger charge is -2.07. The molecule has 0 saturated heterocycles. The maximum Gasteiger partial charge on any atom is 0.322 e. The van der Waals surface area contributed by atoms with Gasteiger partial charge in [-0.2, -0.15) is 0 Å². The minimum absolute atomic E-state index is 0.240. The number of rotatable bonds is 7. The van der Waals surface area contributed by atoms with Crippen molar-refractivity contribution in [3.8, 4) is 0 Å². The van der Waals surface area contributed by atoms with Crippen molar-refractivity contribution in [2.75, 3.05) is 33.5 Å². The first-order valence-corrected chi connectivity index (χ1v) is 4.17. The molecule has 0 saturated carbocycles. The molecule has 0 aromatic rings. The van der Waals surface area contributed by atoms with Crippen LogP contribution < -0.4 is 5.73 Å². The van der Waals surface area contributed by atoms with Crippen LogP contribution in [-0.2, 0) is 19.0 Å². The van der Waals surface area contributed by atoms with E-state index in [4.69, 9.17) is 19.9 Å². The fraction of sp³-hybridized carbons (Fsp3) is 0.875. The van der Waals surface area contributed by atoms with Gasteiger partial charge in [-0.3, -0.25) is 4.79 Å². The van der Waals surface area contributed by atoms with Gasteiger partial charge < -0.3 is 19.9 Å². The highest BCUT2D eigenvalue weighted by Gasteiger charge is 2.07. The highest BCUT2D eigenvalue weighted by atomic mass is 16.6. The van der Waals surface area contributed by atoms with Gasteiger partial charge >= 0.3 is 5.97 Å². The smallest absolute Gasteiger partial charge is 0.322 e. The monoisotopic (exact) mass is 191 g/mol. The SMILES string of the molecule is COCCOCCOC(=O)C(C)N. The Morgan fingerprint density at radius 1 is 1.31 bits per heavy atom. The lowest BCUT2D eigenvalue weighted by molar-refractivity contribution is -0.146. The third-order valence-corrected chi connectivity index (χ3v) is 1.28. The molecule has 0 aromatic carbocycles. The second-order valence-corrected chi connectivity index (χ2v) is 2.56. The summed E-state index contributed by atoms with van der Waals surface area (Å²) in [5.74, 6) is -0.407. The summed E-state index contributed by atoms with van der Waals surface area (Å²) in [6.07, 6.45) is 0. The molecule has 0 radical (unpaired) electrons. The predicted octanol–water partition coefficient (Wildman–Crippen LogP) is -0.460. The summed E-state index contributed by atoms with van der Waals surface area (Å²) < 4.78 is 14.6. The van der Waals surface area contributed by atoms with Crippen LogP contribution in [0.5, 0.6) is 0 Å². The number of hydrogen-bond donors (Lipinski definition) is 1. The molecule has 1 atom stereocenters. The Hall–Kier alpha value is -0.650. The van der Waals surface area contributed by atoms with Crippen LogP contribution in [0.25, 0.3) is 0 Å². The Bertz CT molecular complexity index is 138. The van der Waals surface area contributed by atoms with E-state index in [1.165, 1.54) is 0 Å². The van der Waals surface area contributed by atoms with E-state index in [9.17, 15) is 4.79 Å². The highest BCUT2D eigenvalue weighted by molar-refractivity contribution is 5.74. The molecule has 0 aliphatic rings. The quantitative estimate of drug-likeness (QED) is 0.435. The third-order valence-electron chi connectivity index (χ3n) is 1.28. The largest absolute Gasteiger partial charge is 0.462 e. The summed E-state index contributed by atoms with van der Waals surface area (Å²) >= 11 is 0. The van der Waals surface area contributed by atoms with Gasteiger partial charge in [0.25, 0.3) is 0 Å². The Kier molecular flexibility index (Phi) is 7.57. The first-order valence-electron chi connectivity index (χ1n) is 4.17. The van der Waals surface area contributed by atoms with Crippen molar-refractivity contribution in [3.05, 3.63) is 0 Å². The molecule has 0 aliphatic carbocycles. The zero-order chi connectivity index (χ0) is 10.1. The predicted molar refractivity (Wildman–Crippen MR) is 47.3 cm³/mol. The van der Waals surface area contributed by atoms with E-state index in [0.717, 1.165) is 0 Å². The van der Waals surface area contributed by atoms with Crippen molar-refractivity contribution in [1.29, 1.82) is 0 Å². The maximum atomic E-state index is 10.8. The number of carbonyl (C=O) groups is 1. The molecule has 5 heteroatoms. The maximum absolute atomic E-state index is 10.8. The standard InChI is InChI=1S/C8H17NO4/c1-7(9)8(10)13-6-5-12-4-3-11-2/h7H,3-6,9H2,1-2H3. The van der Waals surface area contributed by atoms with Crippen LogP contribution in [0.1, 0.15) is 6.92 Å². The van der Waals surface area contributed by atoms with Crippen LogP contribution in [0.15, 0.2) is 0 Å². The van der Waals surface area contributed by atoms with Crippen LogP contribution in [0, 0.1) is 0 Å². The van der Waals surface area contributed by atoms with E-state index < -0.39 is 12.0 Å². The second kappa shape index (κ2) is 7.97. The van der Waals surface area contributed by atoms with E-state index in [0.29, 0.717) is 19.8 Å². The van der Waals surface area contributed by atoms with Crippen LogP contribution in [0.2, 0.25) is 0 Å². The molecule has 0 aromatic heterocycles. The van der Waals surface area contributed by atoms with Gasteiger partial charge in [-0.1, -0.05) is 0 Å². The number of ether oxygens (including phenoxy) is 3. The molecule has 0 heterocycles. The topological polar surface area (TPSA) is 70.8 Å². The fourth-order valence-corrected chi connectivity index (χ4v) is 0.577. The van der Waals surface area contributed by atoms with Gasteiger partial charge in [-0.05, 0) is 6.92 Å². The molecule has 0 rings (SSSR count). The fourth-order valence-electron chi connectivity index (χ4n) is 0.577. The molecule has 1 unspecified atom stereocenters. The van der Waals surface area contributed by atoms with Crippen molar-refractivity contribution in [3.63, 3.8) is 0 Å². The van der Waals surface area contributed by atoms with E-state index in [1.54, 1.807) is 14.0 Å². The Morgan fingerprint density at radius 2 is 1.92 bits per heavy atom. The van der Waals surface area contributed by atoms with Crippen LogP contribution >= 0.6 is 0 Å². The highest BCUT2D eigenvalue weighted by Crippen LogP contribution is 1.84. The Balaban J connectivity index is 3.12. The van der Waals surface area contributed by atoms with Crippen molar-refractivity contribution >= 4 is 5.97 Å². The number of methoxy groups -OCH3 is 1. The lowest BCUT2D eigenvalue weighted by atomic mass is 10.4. The van der Waals surface area contributed by atoms with E-state index in [-0.39, 0.29) is 6.61 Å². The molecule has 0 bridgehead atoms. The summed E-state index contributed by atoms with van der Waals surface area (Å²) in [7, 11) is 1.60. The molecule has 5 nitrogen and oxygen atoms in total. The number of hydrogen-bond acceptors (Lipinski definition) is 5. The van der Waals surface area contributed by atoms with Crippen LogP contribution in [0.4, 0.5) is 0 Å². The van der Waals surface area contributed by atoms with Crippen molar-refractivity contribution < 1.29 is 19.0 Å². The van der Waals surface area contributed by atoms with Crippen LogP contribution in [0.3, 0.4) is 0 Å². The summed E-state index contributed by atoms with van der Waals surface area (Å²) in [5, 5.41) is 0. The number of nitrogens with two attached hydrogens (primary N) is 1. The van der Waals surface area contributed by atoms with Crippen molar-refractivity contribution in [2.24, 2.45) is 5.73 Å². The van der Waals surface area contributed by atoms with E-state index >= 15 is 0 Å². The van der Waals surface area contributed by atoms with E-state index in [2.05, 4.69) is 0 Å². The molecule has 0 amide bonds. The van der Waals surface area contributed by atoms with Gasteiger partial charge in [0.15, 0.2) is 0 Å². The van der Waals surface area contributed by atoms with Gasteiger partial charge in [0, 0.05) is 7.11 Å². The summed E-state index contributed by atoms with van der Waals surface area (Å²) in [6.45, 7) is 3.24. The number of carbonyl (C=O) groups excluding carboxylic acids is 1. The molecule has 0 fully saturated rings. The normalized spacial score (nSPS) is 12.5. The third kappa shape index (κ3) is 7.70. The summed E-state index contributed by atoms with van der Waals surface area (Å²) in [4.78, 5) is 10.8. The van der Waals surface area contributed by atoms with Gasteiger partial charge in [0.1, 0.15) is 12.6 Å². The second-order valence-electron chi connectivity index (χ2n) is 2.56. The Morgan fingerprint density at radius 3 is 2.46 bits per heavy atom. The van der Waals surface area contributed by atoms with Gasteiger partial charge in [-0.15, -0.1) is 0 Å². The van der Waals surface area contributed by atoms with Gasteiger partial charge in [-0.25, -0.2) is 0 Å². The average molecular weight is 191 g/mol. The zero-order valence-electron chi connectivity index (χ0n) is 8.12. The van der Waals surface area contributed by atoms with E-state index in [1.807, 2.05) is 0 Å². The Labute approximate surface area is 78.1 Å². The lowest BCUT2D eigenvalue weighted by Crippen LogP contribution is -2.29. The first-order chi connectivity index (χ1) is 6.18. The summed E-state index contributed by atoms with van der Waals surface area (Å²) in [5.41, 5.74) is 5.26. The molecule has 2 N–H and O–H groups in total. The molecule has 13 heavy (non-hydrogen) atoms. The van der Waals surface area contributed by atoms with Gasteiger partial charge in [0.05, 0.1) is 19.8 Å². The first kappa shape index (κ1) is 12.3. The average Bonchev–Trinajstić information content (AvgIpc) is 2.10. The zero-order valence-corrected chi connectivity index (χ0v) is 8.12. The van der Waals surface area contributed by atoms with Crippen molar-refractivity contribution in [1.82, 2.24) is 0 Å². The molecule has 78 valence electrons. The molecule has 0 spiro atoms. The molecular weight excluding hydrogens is 174 g/mol.